The number of hydrogen-bond acceptors (Lipinski definition) is 3. The minimum Gasteiger partial charge on any atom is -0.352 e. The number of nitrogens with zero attached hydrogens (tertiary/aromatic N) is 1. The summed E-state index contributed by atoms with van der Waals surface area (Å²) < 4.78 is 0. The third kappa shape index (κ3) is 3.93. The average molecular weight is 200 g/mol. The van der Waals surface area contributed by atoms with Crippen LogP contribution in [0.1, 0.15) is 20.3 Å². The van der Waals surface area contributed by atoms with E-state index in [-0.39, 0.29) is 11.6 Å². The summed E-state index contributed by atoms with van der Waals surface area (Å²) in [5.41, 5.74) is 10.8. The van der Waals surface area contributed by atoms with E-state index in [1.807, 2.05) is 13.8 Å². The van der Waals surface area contributed by atoms with Gasteiger partial charge >= 0.3 is 6.03 Å². The van der Waals surface area contributed by atoms with E-state index in [2.05, 4.69) is 10.2 Å². The quantitative estimate of drug-likeness (QED) is 0.572. The number of likely N-dealkylation sites (tertiary alicyclic amines) is 1. The summed E-state index contributed by atoms with van der Waals surface area (Å²) in [4.78, 5) is 12.9. The number of urea groups is 1. The molecule has 0 aromatic rings. The van der Waals surface area contributed by atoms with Crippen molar-refractivity contribution in [2.45, 2.75) is 31.8 Å². The Morgan fingerprint density at radius 1 is 1.64 bits per heavy atom. The van der Waals surface area contributed by atoms with Crippen LogP contribution in [0.4, 0.5) is 4.79 Å². The molecule has 0 aromatic carbocycles. The van der Waals surface area contributed by atoms with Gasteiger partial charge in [0.05, 0.1) is 0 Å². The Morgan fingerprint density at radius 3 is 2.79 bits per heavy atom. The molecule has 1 unspecified atom stereocenters. The Bertz CT molecular complexity index is 211. The molecule has 1 aliphatic rings. The van der Waals surface area contributed by atoms with E-state index < -0.39 is 6.03 Å². The van der Waals surface area contributed by atoms with E-state index in [9.17, 15) is 4.79 Å². The van der Waals surface area contributed by atoms with Gasteiger partial charge in [-0.05, 0) is 20.3 Å². The Hall–Kier alpha value is -0.810. The van der Waals surface area contributed by atoms with Gasteiger partial charge in [-0.3, -0.25) is 4.90 Å². The summed E-state index contributed by atoms with van der Waals surface area (Å²) in [6.07, 6.45) is 0.957. The maximum atomic E-state index is 10.6. The summed E-state index contributed by atoms with van der Waals surface area (Å²) in [6.45, 7) is 6.68. The van der Waals surface area contributed by atoms with Crippen LogP contribution in [0, 0.1) is 0 Å². The van der Waals surface area contributed by atoms with Gasteiger partial charge in [-0.15, -0.1) is 0 Å². The highest BCUT2D eigenvalue weighted by Crippen LogP contribution is 2.11. The van der Waals surface area contributed by atoms with Gasteiger partial charge in [-0.2, -0.15) is 0 Å². The van der Waals surface area contributed by atoms with Crippen LogP contribution in [0.5, 0.6) is 0 Å². The van der Waals surface area contributed by atoms with Crippen LogP contribution in [0.15, 0.2) is 0 Å². The number of nitrogens with two attached hydrogens (primary N) is 2. The second-order valence-electron chi connectivity index (χ2n) is 4.72. The SMILES string of the molecule is CC(C)(N)CN1CCC(NC(N)=O)C1. The highest BCUT2D eigenvalue weighted by molar-refractivity contribution is 5.72. The van der Waals surface area contributed by atoms with Crippen molar-refractivity contribution in [3.63, 3.8) is 0 Å². The monoisotopic (exact) mass is 200 g/mol. The Kier molecular flexibility index (Phi) is 3.34. The minimum absolute atomic E-state index is 0.179. The Morgan fingerprint density at radius 2 is 2.29 bits per heavy atom. The van der Waals surface area contributed by atoms with E-state index >= 15 is 0 Å². The summed E-state index contributed by atoms with van der Waals surface area (Å²) >= 11 is 0. The van der Waals surface area contributed by atoms with Crippen molar-refractivity contribution >= 4 is 6.03 Å². The highest BCUT2D eigenvalue weighted by Gasteiger charge is 2.26. The summed E-state index contributed by atoms with van der Waals surface area (Å²) in [6, 6.07) is -0.251. The van der Waals surface area contributed by atoms with Gasteiger partial charge in [-0.1, -0.05) is 0 Å². The van der Waals surface area contributed by atoms with E-state index in [0.717, 1.165) is 26.1 Å². The van der Waals surface area contributed by atoms with Gasteiger partial charge in [0.15, 0.2) is 0 Å². The van der Waals surface area contributed by atoms with Crippen LogP contribution in [-0.4, -0.2) is 42.1 Å². The number of amides is 2. The summed E-state index contributed by atoms with van der Waals surface area (Å²) in [5, 5.41) is 2.71. The summed E-state index contributed by atoms with van der Waals surface area (Å²) in [5.74, 6) is 0. The molecule has 0 spiro atoms. The number of rotatable bonds is 3. The molecule has 1 rings (SSSR count). The van der Waals surface area contributed by atoms with E-state index in [4.69, 9.17) is 11.5 Å². The Labute approximate surface area is 84.8 Å². The second kappa shape index (κ2) is 4.14. The van der Waals surface area contributed by atoms with Crippen LogP contribution in [0.2, 0.25) is 0 Å². The lowest BCUT2D eigenvalue weighted by atomic mass is 10.1. The van der Waals surface area contributed by atoms with Crippen LogP contribution in [0.3, 0.4) is 0 Å². The van der Waals surface area contributed by atoms with Crippen molar-refractivity contribution in [1.29, 1.82) is 0 Å². The maximum Gasteiger partial charge on any atom is 0.312 e. The number of carbonyl (C=O) groups excluding carboxylic acids is 1. The lowest BCUT2D eigenvalue weighted by molar-refractivity contribution is 0.241. The highest BCUT2D eigenvalue weighted by atomic mass is 16.2. The topological polar surface area (TPSA) is 84.4 Å². The predicted octanol–water partition coefficient (Wildman–Crippen LogP) is -0.534. The predicted molar refractivity (Wildman–Crippen MR) is 55.8 cm³/mol. The third-order valence-corrected chi connectivity index (χ3v) is 2.25. The number of hydrogen-bond donors (Lipinski definition) is 3. The van der Waals surface area contributed by atoms with Crippen molar-refractivity contribution in [3.05, 3.63) is 0 Å². The average Bonchev–Trinajstić information content (AvgIpc) is 2.30. The largest absolute Gasteiger partial charge is 0.352 e. The van der Waals surface area contributed by atoms with Gasteiger partial charge in [-0.25, -0.2) is 4.79 Å². The van der Waals surface area contributed by atoms with Gasteiger partial charge < -0.3 is 16.8 Å². The summed E-state index contributed by atoms with van der Waals surface area (Å²) in [7, 11) is 0. The van der Waals surface area contributed by atoms with Crippen molar-refractivity contribution in [3.8, 4) is 0 Å². The van der Waals surface area contributed by atoms with Crippen LogP contribution in [0.25, 0.3) is 0 Å². The third-order valence-electron chi connectivity index (χ3n) is 2.25. The molecule has 0 bridgehead atoms. The standard InChI is InChI=1S/C9H20N4O/c1-9(2,11)6-13-4-3-7(5-13)12-8(10)14/h7H,3-6,11H2,1-2H3,(H3,10,12,14). The van der Waals surface area contributed by atoms with Gasteiger partial charge in [0.1, 0.15) is 0 Å². The molecule has 0 aromatic heterocycles. The molecule has 1 aliphatic heterocycles. The molecule has 0 radical (unpaired) electrons. The van der Waals surface area contributed by atoms with Crippen molar-refractivity contribution < 1.29 is 4.79 Å². The number of carbonyl (C=O) groups is 1. The van der Waals surface area contributed by atoms with E-state index in [0.29, 0.717) is 0 Å². The van der Waals surface area contributed by atoms with Crippen molar-refractivity contribution in [1.82, 2.24) is 10.2 Å². The molecule has 1 fully saturated rings. The molecule has 1 heterocycles. The van der Waals surface area contributed by atoms with Crippen LogP contribution >= 0.6 is 0 Å². The lowest BCUT2D eigenvalue weighted by Crippen LogP contribution is -2.46. The second-order valence-corrected chi connectivity index (χ2v) is 4.72. The zero-order chi connectivity index (χ0) is 10.8. The van der Waals surface area contributed by atoms with Gasteiger partial charge in [0, 0.05) is 31.2 Å². The fourth-order valence-corrected chi connectivity index (χ4v) is 1.87. The first-order valence-electron chi connectivity index (χ1n) is 4.94. The molecule has 5 heteroatoms. The Balaban J connectivity index is 2.31. The zero-order valence-electron chi connectivity index (χ0n) is 8.92. The smallest absolute Gasteiger partial charge is 0.312 e. The normalized spacial score (nSPS) is 23.8. The molecule has 5 N–H and O–H groups in total. The molecular formula is C9H20N4O. The molecule has 5 nitrogen and oxygen atoms in total. The van der Waals surface area contributed by atoms with Crippen LogP contribution < -0.4 is 16.8 Å². The first-order valence-corrected chi connectivity index (χ1v) is 4.94. The number of primary amides is 1. The van der Waals surface area contributed by atoms with E-state index in [1.165, 1.54) is 0 Å². The first kappa shape index (κ1) is 11.3. The van der Waals surface area contributed by atoms with Gasteiger partial charge in [0.2, 0.25) is 0 Å². The van der Waals surface area contributed by atoms with E-state index in [1.54, 1.807) is 0 Å². The molecule has 1 saturated heterocycles. The molecular weight excluding hydrogens is 180 g/mol. The molecule has 1 atom stereocenters. The van der Waals surface area contributed by atoms with Crippen molar-refractivity contribution in [2.75, 3.05) is 19.6 Å². The molecule has 14 heavy (non-hydrogen) atoms. The molecule has 82 valence electrons. The fraction of sp³-hybridized carbons (Fsp3) is 0.889. The molecule has 0 saturated carbocycles. The molecule has 2 amide bonds. The fourth-order valence-electron chi connectivity index (χ4n) is 1.87. The molecule has 0 aliphatic carbocycles. The lowest BCUT2D eigenvalue weighted by Gasteiger charge is -2.26. The van der Waals surface area contributed by atoms with Gasteiger partial charge in [0.25, 0.3) is 0 Å². The zero-order valence-corrected chi connectivity index (χ0v) is 8.92. The van der Waals surface area contributed by atoms with Crippen LogP contribution in [-0.2, 0) is 0 Å². The maximum absolute atomic E-state index is 10.6. The minimum atomic E-state index is -0.441. The number of nitrogens with one attached hydrogen (secondary N) is 1. The van der Waals surface area contributed by atoms with Crippen molar-refractivity contribution in [2.24, 2.45) is 11.5 Å². The first-order chi connectivity index (χ1) is 6.37.